The fraction of sp³-hybridized carbons (Fsp3) is 0. The molecule has 2 aromatic heterocycles. The van der Waals surface area contributed by atoms with Gasteiger partial charge in [0.2, 0.25) is 0 Å². The highest BCUT2D eigenvalue weighted by atomic mass is 32.1. The van der Waals surface area contributed by atoms with E-state index < -0.39 is 0 Å². The molecule has 164 valence electrons. The second kappa shape index (κ2) is 8.15. The number of aromatic nitrogens is 2. The van der Waals surface area contributed by atoms with E-state index in [4.69, 9.17) is 9.97 Å². The number of hydrogen-bond acceptors (Lipinski definition) is 3. The van der Waals surface area contributed by atoms with Crippen LogP contribution in [0.1, 0.15) is 0 Å². The molecular formula is C32H20N2S. The maximum atomic E-state index is 5.13. The fourth-order valence-corrected chi connectivity index (χ4v) is 5.91. The molecule has 0 fully saturated rings. The average Bonchev–Trinajstić information content (AvgIpc) is 3.31. The topological polar surface area (TPSA) is 25.8 Å². The van der Waals surface area contributed by atoms with Crippen molar-refractivity contribution in [2.75, 3.05) is 0 Å². The first-order chi connectivity index (χ1) is 17.3. The van der Waals surface area contributed by atoms with Gasteiger partial charge in [-0.2, -0.15) is 0 Å². The maximum Gasteiger partial charge on any atom is 0.160 e. The summed E-state index contributed by atoms with van der Waals surface area (Å²) in [5.74, 6) is 0.743. The molecule has 2 heterocycles. The Bertz CT molecular complexity index is 1850. The van der Waals surface area contributed by atoms with Gasteiger partial charge in [0.05, 0.1) is 11.2 Å². The molecule has 3 heteroatoms. The monoisotopic (exact) mass is 464 g/mol. The highest BCUT2D eigenvalue weighted by molar-refractivity contribution is 7.25. The summed E-state index contributed by atoms with van der Waals surface area (Å²) in [4.78, 5) is 10.1. The Morgan fingerprint density at radius 3 is 2.06 bits per heavy atom. The lowest BCUT2D eigenvalue weighted by molar-refractivity contribution is 1.23. The number of fused-ring (bicyclic) bond motifs is 4. The Morgan fingerprint density at radius 1 is 0.429 bits per heavy atom. The molecular weight excluding hydrogens is 444 g/mol. The van der Waals surface area contributed by atoms with Gasteiger partial charge < -0.3 is 0 Å². The molecule has 0 bridgehead atoms. The van der Waals surface area contributed by atoms with E-state index in [2.05, 4.69) is 109 Å². The van der Waals surface area contributed by atoms with Gasteiger partial charge in [-0.25, -0.2) is 9.97 Å². The molecule has 0 aliphatic rings. The SMILES string of the molecule is c1ccc(-c2cccc(-c3nc(-c4ccc5c(c4)sc4ccccc45)c4ccccc4n3)c2)cc1. The van der Waals surface area contributed by atoms with Crippen molar-refractivity contribution in [2.45, 2.75) is 0 Å². The predicted octanol–water partition coefficient (Wildman–Crippen LogP) is 9.00. The van der Waals surface area contributed by atoms with Crippen LogP contribution in [0.3, 0.4) is 0 Å². The standard InChI is InChI=1S/C32H20N2S/c1-2-9-21(10-3-1)22-11-8-12-24(19-22)32-33-28-15-6-4-14-27(28)31(34-32)23-17-18-26-25-13-5-7-16-29(25)35-30(26)20-23/h1-20H. The van der Waals surface area contributed by atoms with Crippen LogP contribution in [0.25, 0.3) is 64.8 Å². The van der Waals surface area contributed by atoms with Gasteiger partial charge in [0, 0.05) is 36.7 Å². The first-order valence-corrected chi connectivity index (χ1v) is 12.5. The minimum Gasteiger partial charge on any atom is -0.228 e. The van der Waals surface area contributed by atoms with E-state index >= 15 is 0 Å². The molecule has 0 unspecified atom stereocenters. The molecule has 7 aromatic rings. The van der Waals surface area contributed by atoms with E-state index in [1.54, 1.807) is 0 Å². The summed E-state index contributed by atoms with van der Waals surface area (Å²) in [7, 11) is 0. The highest BCUT2D eigenvalue weighted by Crippen LogP contribution is 2.37. The van der Waals surface area contributed by atoms with Gasteiger partial charge in [-0.05, 0) is 35.4 Å². The summed E-state index contributed by atoms with van der Waals surface area (Å²) in [6.07, 6.45) is 0. The van der Waals surface area contributed by atoms with E-state index in [0.29, 0.717) is 0 Å². The first kappa shape index (κ1) is 20.1. The molecule has 35 heavy (non-hydrogen) atoms. The lowest BCUT2D eigenvalue weighted by Crippen LogP contribution is -1.95. The lowest BCUT2D eigenvalue weighted by Gasteiger charge is -2.10. The Kier molecular flexibility index (Phi) is 4.68. The maximum absolute atomic E-state index is 5.13. The number of benzene rings is 5. The number of nitrogens with zero attached hydrogens (tertiary/aromatic N) is 2. The van der Waals surface area contributed by atoms with Crippen molar-refractivity contribution in [3.05, 3.63) is 121 Å². The molecule has 0 radical (unpaired) electrons. The van der Waals surface area contributed by atoms with Crippen molar-refractivity contribution in [3.8, 4) is 33.8 Å². The molecule has 7 rings (SSSR count). The van der Waals surface area contributed by atoms with E-state index in [1.165, 1.54) is 25.7 Å². The minimum atomic E-state index is 0.743. The summed E-state index contributed by atoms with van der Waals surface area (Å²) in [5, 5.41) is 3.67. The van der Waals surface area contributed by atoms with Crippen LogP contribution in [0.2, 0.25) is 0 Å². The highest BCUT2D eigenvalue weighted by Gasteiger charge is 2.14. The van der Waals surface area contributed by atoms with E-state index in [0.717, 1.165) is 39.1 Å². The molecule has 0 saturated heterocycles. The van der Waals surface area contributed by atoms with Crippen LogP contribution in [0.15, 0.2) is 121 Å². The third kappa shape index (κ3) is 3.49. The summed E-state index contributed by atoms with van der Waals surface area (Å²) in [6, 6.07) is 42.5. The van der Waals surface area contributed by atoms with Crippen molar-refractivity contribution in [1.29, 1.82) is 0 Å². The third-order valence-electron chi connectivity index (χ3n) is 6.48. The average molecular weight is 465 g/mol. The molecule has 0 amide bonds. The second-order valence-corrected chi connectivity index (χ2v) is 9.75. The van der Waals surface area contributed by atoms with Gasteiger partial charge in [0.15, 0.2) is 5.82 Å². The van der Waals surface area contributed by atoms with Crippen LogP contribution in [0.4, 0.5) is 0 Å². The Labute approximate surface area is 207 Å². The lowest BCUT2D eigenvalue weighted by atomic mass is 10.0. The summed E-state index contributed by atoms with van der Waals surface area (Å²) in [6.45, 7) is 0. The molecule has 0 aliphatic carbocycles. The molecule has 0 saturated carbocycles. The molecule has 0 atom stereocenters. The van der Waals surface area contributed by atoms with Crippen LogP contribution in [0.5, 0.6) is 0 Å². The number of rotatable bonds is 3. The van der Waals surface area contributed by atoms with Crippen LogP contribution in [-0.4, -0.2) is 9.97 Å². The van der Waals surface area contributed by atoms with E-state index in [1.807, 2.05) is 23.5 Å². The Hall–Kier alpha value is -4.34. The first-order valence-electron chi connectivity index (χ1n) is 11.7. The van der Waals surface area contributed by atoms with Gasteiger partial charge in [-0.1, -0.05) is 97.1 Å². The van der Waals surface area contributed by atoms with E-state index in [9.17, 15) is 0 Å². The van der Waals surface area contributed by atoms with Crippen LogP contribution in [-0.2, 0) is 0 Å². The summed E-state index contributed by atoms with van der Waals surface area (Å²) >= 11 is 1.83. The van der Waals surface area contributed by atoms with Gasteiger partial charge in [-0.3, -0.25) is 0 Å². The van der Waals surface area contributed by atoms with Crippen LogP contribution >= 0.6 is 11.3 Å². The summed E-state index contributed by atoms with van der Waals surface area (Å²) < 4.78 is 2.59. The van der Waals surface area contributed by atoms with Crippen molar-refractivity contribution in [2.24, 2.45) is 0 Å². The van der Waals surface area contributed by atoms with Crippen LogP contribution < -0.4 is 0 Å². The van der Waals surface area contributed by atoms with Crippen molar-refractivity contribution in [1.82, 2.24) is 9.97 Å². The zero-order valence-electron chi connectivity index (χ0n) is 18.8. The minimum absolute atomic E-state index is 0.743. The van der Waals surface area contributed by atoms with Gasteiger partial charge >= 0.3 is 0 Å². The van der Waals surface area contributed by atoms with Crippen LogP contribution in [0, 0.1) is 0 Å². The van der Waals surface area contributed by atoms with Crippen molar-refractivity contribution < 1.29 is 0 Å². The number of thiophene rings is 1. The fourth-order valence-electron chi connectivity index (χ4n) is 4.77. The smallest absolute Gasteiger partial charge is 0.160 e. The zero-order valence-corrected chi connectivity index (χ0v) is 19.7. The largest absolute Gasteiger partial charge is 0.228 e. The van der Waals surface area contributed by atoms with Gasteiger partial charge in [0.25, 0.3) is 0 Å². The molecule has 0 aliphatic heterocycles. The Balaban J connectivity index is 1.42. The zero-order chi connectivity index (χ0) is 23.2. The van der Waals surface area contributed by atoms with Gasteiger partial charge in [0.1, 0.15) is 0 Å². The number of para-hydroxylation sites is 1. The van der Waals surface area contributed by atoms with Gasteiger partial charge in [-0.15, -0.1) is 11.3 Å². The molecule has 5 aromatic carbocycles. The second-order valence-electron chi connectivity index (χ2n) is 8.67. The van der Waals surface area contributed by atoms with E-state index in [-0.39, 0.29) is 0 Å². The van der Waals surface area contributed by atoms with Crippen molar-refractivity contribution in [3.63, 3.8) is 0 Å². The third-order valence-corrected chi connectivity index (χ3v) is 7.62. The predicted molar refractivity (Wildman–Crippen MR) is 149 cm³/mol. The molecule has 0 N–H and O–H groups in total. The molecule has 0 spiro atoms. The summed E-state index contributed by atoms with van der Waals surface area (Å²) in [5.41, 5.74) is 6.40. The number of hydrogen-bond donors (Lipinski definition) is 0. The Morgan fingerprint density at radius 2 is 1.14 bits per heavy atom. The van der Waals surface area contributed by atoms with Crippen molar-refractivity contribution >= 4 is 42.4 Å². The molecule has 2 nitrogen and oxygen atoms in total. The normalized spacial score (nSPS) is 11.4. The quantitative estimate of drug-likeness (QED) is 0.261.